The molecule has 7 heteroatoms. The zero-order chi connectivity index (χ0) is 18.3. The third kappa shape index (κ3) is 3.24. The zero-order valence-electron chi connectivity index (χ0n) is 14.7. The summed E-state index contributed by atoms with van der Waals surface area (Å²) in [6.07, 6.45) is 1.02. The van der Waals surface area contributed by atoms with Crippen LogP contribution in [0.5, 0.6) is 0 Å². The lowest BCUT2D eigenvalue weighted by atomic mass is 10.1. The van der Waals surface area contributed by atoms with E-state index in [-0.39, 0.29) is 5.91 Å². The van der Waals surface area contributed by atoms with E-state index in [4.69, 9.17) is 16.3 Å². The second-order valence-corrected chi connectivity index (χ2v) is 8.19. The molecule has 1 aliphatic rings. The molecule has 1 aromatic carbocycles. The number of aryl methyl sites for hydroxylation is 1. The average Bonchev–Trinajstić information content (AvgIpc) is 3.33. The molecule has 0 radical (unpaired) electrons. The van der Waals surface area contributed by atoms with E-state index in [0.717, 1.165) is 52.7 Å². The van der Waals surface area contributed by atoms with Crippen LogP contribution < -0.4 is 0 Å². The van der Waals surface area contributed by atoms with Crippen molar-refractivity contribution in [2.75, 3.05) is 26.8 Å². The number of fused-ring (bicyclic) bond motifs is 1. The number of rotatable bonds is 4. The van der Waals surface area contributed by atoms with E-state index in [1.54, 1.807) is 4.90 Å². The number of hydrogen-bond donors (Lipinski definition) is 0. The highest BCUT2D eigenvalue weighted by molar-refractivity contribution is 7.20. The number of nitrogens with zero attached hydrogens (tertiary/aromatic N) is 3. The smallest absolute Gasteiger partial charge is 0.263 e. The quantitative estimate of drug-likeness (QED) is 0.673. The lowest BCUT2D eigenvalue weighted by Gasteiger charge is -2.19. The number of thiophene rings is 1. The normalized spacial score (nSPS) is 17.1. The third-order valence-corrected chi connectivity index (χ3v) is 6.04. The van der Waals surface area contributed by atoms with Crippen LogP contribution in [0.25, 0.3) is 15.9 Å². The average molecular weight is 390 g/mol. The monoisotopic (exact) mass is 389 g/mol. The lowest BCUT2D eigenvalue weighted by molar-refractivity contribution is 0.0771. The molecule has 0 aliphatic carbocycles. The summed E-state index contributed by atoms with van der Waals surface area (Å²) in [5.41, 5.74) is 1.80. The van der Waals surface area contributed by atoms with Gasteiger partial charge in [-0.25, -0.2) is 4.68 Å². The second-order valence-electron chi connectivity index (χ2n) is 6.72. The van der Waals surface area contributed by atoms with Gasteiger partial charge in [-0.3, -0.25) is 4.79 Å². The standard InChI is InChI=1S/C19H20ClN3O2S/c1-12-16-9-17(18(24)22(2)10-13-6-7-25-11-13)26-19(16)23(21-12)15-5-3-4-14(20)8-15/h3-5,8-9,13H,6-7,10-11H2,1-2H3. The zero-order valence-corrected chi connectivity index (χ0v) is 16.3. The minimum Gasteiger partial charge on any atom is -0.381 e. The Morgan fingerprint density at radius 1 is 1.46 bits per heavy atom. The minimum atomic E-state index is 0.0511. The maximum absolute atomic E-state index is 12.9. The van der Waals surface area contributed by atoms with Gasteiger partial charge < -0.3 is 9.64 Å². The molecule has 1 fully saturated rings. The Balaban J connectivity index is 1.65. The van der Waals surface area contributed by atoms with E-state index < -0.39 is 0 Å². The fourth-order valence-electron chi connectivity index (χ4n) is 3.32. The van der Waals surface area contributed by atoms with Gasteiger partial charge in [0.15, 0.2) is 0 Å². The first-order valence-electron chi connectivity index (χ1n) is 8.61. The van der Waals surface area contributed by atoms with Crippen molar-refractivity contribution in [1.29, 1.82) is 0 Å². The molecule has 3 heterocycles. The van der Waals surface area contributed by atoms with Gasteiger partial charge in [-0.15, -0.1) is 11.3 Å². The van der Waals surface area contributed by atoms with Crippen molar-refractivity contribution < 1.29 is 9.53 Å². The first-order valence-corrected chi connectivity index (χ1v) is 9.80. The van der Waals surface area contributed by atoms with Crippen molar-refractivity contribution >= 4 is 39.1 Å². The number of halogens is 1. The summed E-state index contributed by atoms with van der Waals surface area (Å²) in [6.45, 7) is 4.23. The largest absolute Gasteiger partial charge is 0.381 e. The molecule has 1 unspecified atom stereocenters. The number of carbonyl (C=O) groups is 1. The van der Waals surface area contributed by atoms with Gasteiger partial charge in [0.2, 0.25) is 0 Å². The van der Waals surface area contributed by atoms with Crippen LogP contribution in [0.2, 0.25) is 5.02 Å². The SMILES string of the molecule is Cc1nn(-c2cccc(Cl)c2)c2sc(C(=O)N(C)CC3CCOC3)cc12. The molecule has 26 heavy (non-hydrogen) atoms. The number of amides is 1. The van der Waals surface area contributed by atoms with Crippen LogP contribution >= 0.6 is 22.9 Å². The summed E-state index contributed by atoms with van der Waals surface area (Å²) in [6, 6.07) is 9.53. The summed E-state index contributed by atoms with van der Waals surface area (Å²) < 4.78 is 7.28. The van der Waals surface area contributed by atoms with Crippen molar-refractivity contribution in [3.05, 3.63) is 45.9 Å². The Kier molecular flexibility index (Phi) is 4.73. The predicted octanol–water partition coefficient (Wildman–Crippen LogP) is 4.16. The topological polar surface area (TPSA) is 47.4 Å². The summed E-state index contributed by atoms with van der Waals surface area (Å²) in [4.78, 5) is 16.4. The molecular weight excluding hydrogens is 370 g/mol. The van der Waals surface area contributed by atoms with Crippen LogP contribution in [0.15, 0.2) is 30.3 Å². The Morgan fingerprint density at radius 3 is 3.04 bits per heavy atom. The highest BCUT2D eigenvalue weighted by Crippen LogP contribution is 2.31. The van der Waals surface area contributed by atoms with Crippen molar-refractivity contribution in [3.8, 4) is 5.69 Å². The van der Waals surface area contributed by atoms with Gasteiger partial charge in [0.05, 0.1) is 22.9 Å². The van der Waals surface area contributed by atoms with Gasteiger partial charge in [0.1, 0.15) is 4.83 Å². The van der Waals surface area contributed by atoms with Crippen LogP contribution in [0, 0.1) is 12.8 Å². The fourth-order valence-corrected chi connectivity index (χ4v) is 4.68. The van der Waals surface area contributed by atoms with Gasteiger partial charge in [-0.1, -0.05) is 17.7 Å². The number of ether oxygens (including phenoxy) is 1. The van der Waals surface area contributed by atoms with Crippen molar-refractivity contribution in [2.45, 2.75) is 13.3 Å². The van der Waals surface area contributed by atoms with E-state index >= 15 is 0 Å². The first kappa shape index (κ1) is 17.5. The molecule has 1 atom stereocenters. The van der Waals surface area contributed by atoms with Crippen molar-refractivity contribution in [3.63, 3.8) is 0 Å². The number of carbonyl (C=O) groups excluding carboxylic acids is 1. The molecule has 5 nitrogen and oxygen atoms in total. The Morgan fingerprint density at radius 2 is 2.31 bits per heavy atom. The van der Waals surface area contributed by atoms with E-state index in [9.17, 15) is 4.79 Å². The summed E-state index contributed by atoms with van der Waals surface area (Å²) in [7, 11) is 1.86. The molecule has 136 valence electrons. The Hall–Kier alpha value is -1.89. The summed E-state index contributed by atoms with van der Waals surface area (Å²) in [5.74, 6) is 0.483. The number of aromatic nitrogens is 2. The molecule has 0 spiro atoms. The van der Waals surface area contributed by atoms with Gasteiger partial charge >= 0.3 is 0 Å². The molecule has 1 amide bonds. The molecular formula is C19H20ClN3O2S. The third-order valence-electron chi connectivity index (χ3n) is 4.71. The van der Waals surface area contributed by atoms with Crippen molar-refractivity contribution in [1.82, 2.24) is 14.7 Å². The Bertz CT molecular complexity index is 959. The predicted molar refractivity (Wildman–Crippen MR) is 105 cm³/mol. The Labute approximate surface area is 161 Å². The van der Waals surface area contributed by atoms with Crippen LogP contribution in [0.1, 0.15) is 21.8 Å². The number of hydrogen-bond acceptors (Lipinski definition) is 4. The minimum absolute atomic E-state index is 0.0511. The maximum atomic E-state index is 12.9. The van der Waals surface area contributed by atoms with Crippen LogP contribution in [-0.4, -0.2) is 47.4 Å². The first-order chi connectivity index (χ1) is 12.5. The molecule has 4 rings (SSSR count). The van der Waals surface area contributed by atoms with E-state index in [1.807, 2.05) is 49.0 Å². The van der Waals surface area contributed by atoms with Gasteiger partial charge in [-0.05, 0) is 37.6 Å². The van der Waals surface area contributed by atoms with Crippen LogP contribution in [-0.2, 0) is 4.74 Å². The maximum Gasteiger partial charge on any atom is 0.263 e. The van der Waals surface area contributed by atoms with Crippen LogP contribution in [0.4, 0.5) is 0 Å². The van der Waals surface area contributed by atoms with Gasteiger partial charge in [0.25, 0.3) is 5.91 Å². The highest BCUT2D eigenvalue weighted by Gasteiger charge is 2.23. The molecule has 1 aliphatic heterocycles. The molecule has 1 saturated heterocycles. The number of benzene rings is 1. The molecule has 0 saturated carbocycles. The molecule has 0 bridgehead atoms. The summed E-state index contributed by atoms with van der Waals surface area (Å²) >= 11 is 7.60. The highest BCUT2D eigenvalue weighted by atomic mass is 35.5. The van der Waals surface area contributed by atoms with Crippen LogP contribution in [0.3, 0.4) is 0 Å². The van der Waals surface area contributed by atoms with Gasteiger partial charge in [0, 0.05) is 36.5 Å². The summed E-state index contributed by atoms with van der Waals surface area (Å²) in [5, 5.41) is 6.29. The van der Waals surface area contributed by atoms with E-state index in [2.05, 4.69) is 5.10 Å². The van der Waals surface area contributed by atoms with Crippen molar-refractivity contribution in [2.24, 2.45) is 5.92 Å². The second kappa shape index (κ2) is 7.02. The van der Waals surface area contributed by atoms with E-state index in [1.165, 1.54) is 11.3 Å². The fraction of sp³-hybridized carbons (Fsp3) is 0.368. The molecule has 2 aromatic heterocycles. The molecule has 3 aromatic rings. The molecule has 0 N–H and O–H groups in total. The van der Waals surface area contributed by atoms with E-state index in [0.29, 0.717) is 10.9 Å². The lowest BCUT2D eigenvalue weighted by Crippen LogP contribution is -2.31. The van der Waals surface area contributed by atoms with Gasteiger partial charge in [-0.2, -0.15) is 5.10 Å².